The predicted molar refractivity (Wildman–Crippen MR) is 61.8 cm³/mol. The van der Waals surface area contributed by atoms with Crippen molar-refractivity contribution in [2.24, 2.45) is 0 Å². The second kappa shape index (κ2) is 5.79. The van der Waals surface area contributed by atoms with E-state index in [9.17, 15) is 4.79 Å². The molecule has 0 unspecified atom stereocenters. The highest BCUT2D eigenvalue weighted by molar-refractivity contribution is 6.42. The number of aldehydes is 1. The average Bonchev–Trinajstić information content (AvgIpc) is 2.23. The summed E-state index contributed by atoms with van der Waals surface area (Å²) in [4.78, 5) is 10.3. The smallest absolute Gasteiger partial charge is 0.145 e. The molecular weight excluding hydrogens is 235 g/mol. The molecule has 0 fully saturated rings. The molecule has 0 heterocycles. The van der Waals surface area contributed by atoms with Crippen molar-refractivity contribution in [3.05, 3.63) is 39.9 Å². The lowest BCUT2D eigenvalue weighted by atomic mass is 10.3. The lowest BCUT2D eigenvalue weighted by Gasteiger charge is -2.04. The first-order valence-electron chi connectivity index (χ1n) is 4.33. The Morgan fingerprint density at radius 1 is 1.40 bits per heavy atom. The first-order chi connectivity index (χ1) is 7.13. The summed E-state index contributed by atoms with van der Waals surface area (Å²) >= 11 is 11.5. The third kappa shape index (κ3) is 3.94. The molecule has 0 aromatic heterocycles. The largest absolute Gasteiger partial charge is 0.489 e. The number of carbonyl (C=O) groups excluding carboxylic acids is 1. The molecule has 0 atom stereocenters. The van der Waals surface area contributed by atoms with Gasteiger partial charge in [-0.1, -0.05) is 23.2 Å². The van der Waals surface area contributed by atoms with Gasteiger partial charge in [-0.15, -0.1) is 0 Å². The fourth-order valence-electron chi connectivity index (χ4n) is 0.884. The number of hydrogen-bond donors (Lipinski definition) is 0. The molecule has 1 aromatic carbocycles. The molecule has 1 rings (SSSR count). The van der Waals surface area contributed by atoms with E-state index in [4.69, 9.17) is 27.9 Å². The number of carbonyl (C=O) groups is 1. The van der Waals surface area contributed by atoms with Crippen LogP contribution in [-0.4, -0.2) is 12.9 Å². The standard InChI is InChI=1S/C11H10Cl2O2/c1-8(7-14)4-5-15-9-2-3-10(12)11(13)6-9/h2-4,6-7H,5H2,1H3. The van der Waals surface area contributed by atoms with Crippen LogP contribution in [0.5, 0.6) is 5.75 Å². The molecule has 0 aliphatic heterocycles. The van der Waals surface area contributed by atoms with Crippen LogP contribution in [-0.2, 0) is 4.79 Å². The molecule has 2 nitrogen and oxygen atoms in total. The van der Waals surface area contributed by atoms with Crippen LogP contribution in [0.1, 0.15) is 6.92 Å². The maximum absolute atomic E-state index is 10.3. The van der Waals surface area contributed by atoms with Crippen LogP contribution in [0.25, 0.3) is 0 Å². The summed E-state index contributed by atoms with van der Waals surface area (Å²) < 4.78 is 5.34. The van der Waals surface area contributed by atoms with E-state index < -0.39 is 0 Å². The van der Waals surface area contributed by atoms with Gasteiger partial charge in [0.25, 0.3) is 0 Å². The highest BCUT2D eigenvalue weighted by Crippen LogP contribution is 2.26. The van der Waals surface area contributed by atoms with Crippen molar-refractivity contribution in [3.8, 4) is 5.75 Å². The molecule has 0 spiro atoms. The maximum atomic E-state index is 10.3. The number of allylic oxidation sites excluding steroid dienone is 1. The van der Waals surface area contributed by atoms with E-state index in [0.717, 1.165) is 6.29 Å². The quantitative estimate of drug-likeness (QED) is 0.599. The number of hydrogen-bond acceptors (Lipinski definition) is 2. The molecule has 1 aromatic rings. The van der Waals surface area contributed by atoms with E-state index in [1.54, 1.807) is 31.2 Å². The lowest BCUT2D eigenvalue weighted by Crippen LogP contribution is -1.94. The van der Waals surface area contributed by atoms with E-state index in [1.807, 2.05) is 0 Å². The Balaban J connectivity index is 2.58. The summed E-state index contributed by atoms with van der Waals surface area (Å²) in [6.45, 7) is 2.05. The van der Waals surface area contributed by atoms with Gasteiger partial charge in [-0.3, -0.25) is 4.79 Å². The number of ether oxygens (including phenoxy) is 1. The van der Waals surface area contributed by atoms with E-state index in [1.165, 1.54) is 0 Å². The SMILES string of the molecule is CC(C=O)=CCOc1ccc(Cl)c(Cl)c1. The molecule has 0 saturated carbocycles. The van der Waals surface area contributed by atoms with Crippen molar-refractivity contribution in [1.82, 2.24) is 0 Å². The number of rotatable bonds is 4. The molecule has 0 amide bonds. The van der Waals surface area contributed by atoms with Crippen LogP contribution in [0, 0.1) is 0 Å². The Hall–Kier alpha value is -0.990. The first-order valence-corrected chi connectivity index (χ1v) is 5.09. The Kier molecular flexibility index (Phi) is 4.66. The molecule has 80 valence electrons. The minimum absolute atomic E-state index is 0.336. The predicted octanol–water partition coefficient (Wildman–Crippen LogP) is 3.52. The van der Waals surface area contributed by atoms with Gasteiger partial charge < -0.3 is 4.74 Å². The van der Waals surface area contributed by atoms with Crippen molar-refractivity contribution < 1.29 is 9.53 Å². The second-order valence-corrected chi connectivity index (χ2v) is 3.77. The van der Waals surface area contributed by atoms with Crippen LogP contribution < -0.4 is 4.74 Å². The Morgan fingerprint density at radius 3 is 2.73 bits per heavy atom. The fourth-order valence-corrected chi connectivity index (χ4v) is 1.17. The molecule has 0 bridgehead atoms. The van der Waals surface area contributed by atoms with Gasteiger partial charge in [0.15, 0.2) is 0 Å². The molecule has 0 aliphatic carbocycles. The van der Waals surface area contributed by atoms with Gasteiger partial charge in [0.1, 0.15) is 18.6 Å². The third-order valence-corrected chi connectivity index (χ3v) is 2.47. The van der Waals surface area contributed by atoms with Gasteiger partial charge in [-0.2, -0.15) is 0 Å². The van der Waals surface area contributed by atoms with Crippen molar-refractivity contribution in [2.45, 2.75) is 6.92 Å². The topological polar surface area (TPSA) is 26.3 Å². The lowest BCUT2D eigenvalue weighted by molar-refractivity contribution is -0.104. The van der Waals surface area contributed by atoms with Gasteiger partial charge in [0.2, 0.25) is 0 Å². The summed E-state index contributed by atoms with van der Waals surface area (Å²) in [6, 6.07) is 5.02. The highest BCUT2D eigenvalue weighted by atomic mass is 35.5. The summed E-state index contributed by atoms with van der Waals surface area (Å²) in [6.07, 6.45) is 2.47. The summed E-state index contributed by atoms with van der Waals surface area (Å²) in [5.74, 6) is 0.624. The summed E-state index contributed by atoms with van der Waals surface area (Å²) in [5.41, 5.74) is 0.634. The molecule has 0 aliphatic rings. The Bertz CT molecular complexity index is 386. The van der Waals surface area contributed by atoms with Crippen molar-refractivity contribution in [3.63, 3.8) is 0 Å². The zero-order chi connectivity index (χ0) is 11.3. The van der Waals surface area contributed by atoms with E-state index >= 15 is 0 Å². The van der Waals surface area contributed by atoms with E-state index in [-0.39, 0.29) is 0 Å². The van der Waals surface area contributed by atoms with Crippen molar-refractivity contribution in [1.29, 1.82) is 0 Å². The normalized spacial score (nSPS) is 11.3. The van der Waals surface area contributed by atoms with E-state index in [2.05, 4.69) is 0 Å². The zero-order valence-corrected chi connectivity index (χ0v) is 9.68. The first kappa shape index (κ1) is 12.1. The fraction of sp³-hybridized carbons (Fsp3) is 0.182. The van der Waals surface area contributed by atoms with Crippen LogP contribution in [0.15, 0.2) is 29.8 Å². The van der Waals surface area contributed by atoms with Crippen LogP contribution in [0.4, 0.5) is 0 Å². The van der Waals surface area contributed by atoms with Crippen LogP contribution in [0.3, 0.4) is 0 Å². The minimum atomic E-state index is 0.336. The van der Waals surface area contributed by atoms with Crippen LogP contribution in [0.2, 0.25) is 10.0 Å². The zero-order valence-electron chi connectivity index (χ0n) is 8.17. The summed E-state index contributed by atoms with van der Waals surface area (Å²) in [7, 11) is 0. The Labute approximate surface area is 98.4 Å². The molecule has 15 heavy (non-hydrogen) atoms. The Morgan fingerprint density at radius 2 is 2.13 bits per heavy atom. The van der Waals surface area contributed by atoms with Crippen molar-refractivity contribution >= 4 is 29.5 Å². The van der Waals surface area contributed by atoms with Crippen LogP contribution >= 0.6 is 23.2 Å². The minimum Gasteiger partial charge on any atom is -0.489 e. The monoisotopic (exact) mass is 244 g/mol. The maximum Gasteiger partial charge on any atom is 0.145 e. The number of benzene rings is 1. The van der Waals surface area contributed by atoms with Gasteiger partial charge in [0.05, 0.1) is 10.0 Å². The molecule has 0 N–H and O–H groups in total. The molecule has 4 heteroatoms. The average molecular weight is 245 g/mol. The highest BCUT2D eigenvalue weighted by Gasteiger charge is 1.99. The van der Waals surface area contributed by atoms with Crippen molar-refractivity contribution in [2.75, 3.05) is 6.61 Å². The molecular formula is C11H10Cl2O2. The molecule has 0 saturated heterocycles. The second-order valence-electron chi connectivity index (χ2n) is 2.95. The third-order valence-electron chi connectivity index (χ3n) is 1.73. The molecule has 0 radical (unpaired) electrons. The number of halogens is 2. The van der Waals surface area contributed by atoms with Gasteiger partial charge in [-0.05, 0) is 30.7 Å². The van der Waals surface area contributed by atoms with Gasteiger partial charge in [0, 0.05) is 6.07 Å². The summed E-state index contributed by atoms with van der Waals surface area (Å²) in [5, 5.41) is 0.939. The van der Waals surface area contributed by atoms with E-state index in [0.29, 0.717) is 28.0 Å². The van der Waals surface area contributed by atoms with Gasteiger partial charge >= 0.3 is 0 Å². The van der Waals surface area contributed by atoms with Gasteiger partial charge in [-0.25, -0.2) is 0 Å².